The van der Waals surface area contributed by atoms with E-state index in [2.05, 4.69) is 10.3 Å². The molecule has 1 aliphatic rings. The SMILES string of the molecule is Cc1cc(C(=O)NC2(c3ccncc3)CC2)cc(-c2ccc3oc(-c4ccc(F)cc4)c(C(N)=O)c3c2)c1C. The first-order chi connectivity index (χ1) is 18.8. The summed E-state index contributed by atoms with van der Waals surface area (Å²) in [5, 5.41) is 3.79. The van der Waals surface area contributed by atoms with Gasteiger partial charge >= 0.3 is 0 Å². The third-order valence-corrected chi connectivity index (χ3v) is 7.62. The van der Waals surface area contributed by atoms with Crippen molar-refractivity contribution >= 4 is 22.8 Å². The number of nitrogens with zero attached hydrogens (tertiary/aromatic N) is 1. The van der Waals surface area contributed by atoms with Crippen LogP contribution < -0.4 is 11.1 Å². The monoisotopic (exact) mass is 519 g/mol. The van der Waals surface area contributed by atoms with E-state index < -0.39 is 5.91 Å². The predicted octanol–water partition coefficient (Wildman–Crippen LogP) is 6.44. The number of aromatic nitrogens is 1. The Morgan fingerprint density at radius 2 is 1.64 bits per heavy atom. The second-order valence-corrected chi connectivity index (χ2v) is 10.1. The zero-order valence-electron chi connectivity index (χ0n) is 21.5. The second-order valence-electron chi connectivity index (χ2n) is 10.1. The molecule has 0 aliphatic heterocycles. The van der Waals surface area contributed by atoms with Crippen LogP contribution in [0.5, 0.6) is 0 Å². The first-order valence-electron chi connectivity index (χ1n) is 12.7. The Balaban J connectivity index is 1.41. The number of fused-ring (bicyclic) bond motifs is 1. The molecule has 0 spiro atoms. The van der Waals surface area contributed by atoms with Crippen molar-refractivity contribution < 1.29 is 18.4 Å². The number of furan rings is 1. The Morgan fingerprint density at radius 1 is 0.949 bits per heavy atom. The van der Waals surface area contributed by atoms with Gasteiger partial charge in [-0.25, -0.2) is 4.39 Å². The number of benzene rings is 3. The van der Waals surface area contributed by atoms with E-state index in [1.165, 1.54) is 12.1 Å². The lowest BCUT2D eigenvalue weighted by Gasteiger charge is -2.19. The van der Waals surface area contributed by atoms with Crippen LogP contribution in [0.25, 0.3) is 33.4 Å². The van der Waals surface area contributed by atoms with Gasteiger partial charge in [0.1, 0.15) is 17.2 Å². The molecule has 6 nitrogen and oxygen atoms in total. The van der Waals surface area contributed by atoms with Crippen LogP contribution in [0, 0.1) is 19.7 Å². The minimum Gasteiger partial charge on any atom is -0.455 e. The number of nitrogens with one attached hydrogen (secondary N) is 1. The lowest BCUT2D eigenvalue weighted by molar-refractivity contribution is 0.0929. The largest absolute Gasteiger partial charge is 0.455 e. The summed E-state index contributed by atoms with van der Waals surface area (Å²) >= 11 is 0. The van der Waals surface area contributed by atoms with E-state index in [1.54, 1.807) is 30.6 Å². The van der Waals surface area contributed by atoms with Crippen LogP contribution in [-0.2, 0) is 5.54 Å². The molecule has 39 heavy (non-hydrogen) atoms. The Morgan fingerprint density at radius 3 is 2.31 bits per heavy atom. The summed E-state index contributed by atoms with van der Waals surface area (Å²) in [7, 11) is 0. The lowest BCUT2D eigenvalue weighted by Crippen LogP contribution is -2.35. The number of hydrogen-bond donors (Lipinski definition) is 2. The molecule has 0 unspecified atom stereocenters. The van der Waals surface area contributed by atoms with Gasteiger partial charge in [0, 0.05) is 28.9 Å². The number of rotatable bonds is 6. The van der Waals surface area contributed by atoms with Gasteiger partial charge < -0.3 is 15.5 Å². The van der Waals surface area contributed by atoms with Gasteiger partial charge in [0.05, 0.1) is 11.1 Å². The molecule has 0 atom stereocenters. The average molecular weight is 520 g/mol. The van der Waals surface area contributed by atoms with Gasteiger partial charge in [-0.1, -0.05) is 6.07 Å². The van der Waals surface area contributed by atoms with Crippen LogP contribution in [0.2, 0.25) is 0 Å². The van der Waals surface area contributed by atoms with Crippen LogP contribution in [-0.4, -0.2) is 16.8 Å². The predicted molar refractivity (Wildman–Crippen MR) is 148 cm³/mol. The Hall–Kier alpha value is -4.78. The van der Waals surface area contributed by atoms with E-state index in [-0.39, 0.29) is 22.8 Å². The lowest BCUT2D eigenvalue weighted by atomic mass is 9.92. The summed E-state index contributed by atoms with van der Waals surface area (Å²) in [6.45, 7) is 3.98. The van der Waals surface area contributed by atoms with Crippen molar-refractivity contribution in [3.63, 3.8) is 0 Å². The normalized spacial score (nSPS) is 13.8. The minimum absolute atomic E-state index is 0.144. The molecule has 5 aromatic rings. The third kappa shape index (κ3) is 4.36. The number of primary amides is 1. The number of carbonyl (C=O) groups excluding carboxylic acids is 2. The minimum atomic E-state index is -0.642. The van der Waals surface area contributed by atoms with Crippen LogP contribution in [0.4, 0.5) is 4.39 Å². The Labute approximate surface area is 224 Å². The van der Waals surface area contributed by atoms with E-state index in [1.807, 2.05) is 50.2 Å². The molecule has 1 fully saturated rings. The van der Waals surface area contributed by atoms with Crippen molar-refractivity contribution in [3.05, 3.63) is 113 Å². The summed E-state index contributed by atoms with van der Waals surface area (Å²) in [5.41, 5.74) is 12.0. The first-order valence-corrected chi connectivity index (χ1v) is 12.7. The van der Waals surface area contributed by atoms with E-state index >= 15 is 0 Å². The summed E-state index contributed by atoms with van der Waals surface area (Å²) < 4.78 is 19.5. The van der Waals surface area contributed by atoms with Gasteiger partial charge in [-0.2, -0.15) is 0 Å². The molecule has 0 radical (unpaired) electrons. The fourth-order valence-electron chi connectivity index (χ4n) is 5.18. The smallest absolute Gasteiger partial charge is 0.253 e. The summed E-state index contributed by atoms with van der Waals surface area (Å²) in [6, 6.07) is 18.9. The van der Waals surface area contributed by atoms with Crippen molar-refractivity contribution in [2.45, 2.75) is 32.2 Å². The van der Waals surface area contributed by atoms with E-state index in [9.17, 15) is 14.0 Å². The van der Waals surface area contributed by atoms with E-state index in [0.717, 1.165) is 40.7 Å². The second kappa shape index (κ2) is 9.20. The topological polar surface area (TPSA) is 98.2 Å². The van der Waals surface area contributed by atoms with Crippen molar-refractivity contribution in [3.8, 4) is 22.5 Å². The molecule has 2 amide bonds. The fraction of sp³-hybridized carbons (Fsp3) is 0.156. The molecular weight excluding hydrogens is 493 g/mol. The maximum atomic E-state index is 13.5. The number of amides is 2. The van der Waals surface area contributed by atoms with E-state index in [4.69, 9.17) is 10.2 Å². The highest BCUT2D eigenvalue weighted by molar-refractivity contribution is 6.11. The Bertz CT molecular complexity index is 1750. The van der Waals surface area contributed by atoms with Gasteiger partial charge in [0.25, 0.3) is 11.8 Å². The zero-order chi connectivity index (χ0) is 27.3. The van der Waals surface area contributed by atoms with Gasteiger partial charge in [-0.15, -0.1) is 0 Å². The van der Waals surface area contributed by atoms with Gasteiger partial charge in [-0.05, 0) is 115 Å². The molecule has 194 valence electrons. The number of halogens is 1. The quantitative estimate of drug-likeness (QED) is 0.270. The molecular formula is C32H26FN3O3. The molecule has 1 saturated carbocycles. The van der Waals surface area contributed by atoms with Crippen molar-refractivity contribution in [1.29, 1.82) is 0 Å². The third-order valence-electron chi connectivity index (χ3n) is 7.62. The highest BCUT2D eigenvalue weighted by Gasteiger charge is 2.45. The standard InChI is InChI=1S/C32H26FN3O3/c1-18-15-22(31(38)36-32(11-12-32)23-9-13-35-14-10-23)17-25(19(18)2)21-5-8-27-26(16-21)28(30(34)37)29(39-27)20-3-6-24(33)7-4-20/h3-10,13-17H,11-12H2,1-2H3,(H2,34,37)(H,36,38). The van der Waals surface area contributed by atoms with Crippen LogP contribution in [0.15, 0.2) is 83.5 Å². The number of hydrogen-bond acceptors (Lipinski definition) is 4. The maximum absolute atomic E-state index is 13.5. The summed E-state index contributed by atoms with van der Waals surface area (Å²) in [5.74, 6) is -0.881. The Kier molecular flexibility index (Phi) is 5.79. The highest BCUT2D eigenvalue weighted by Crippen LogP contribution is 2.45. The zero-order valence-corrected chi connectivity index (χ0v) is 21.5. The van der Waals surface area contributed by atoms with E-state index in [0.29, 0.717) is 27.9 Å². The summed E-state index contributed by atoms with van der Waals surface area (Å²) in [4.78, 5) is 30.1. The summed E-state index contributed by atoms with van der Waals surface area (Å²) in [6.07, 6.45) is 5.24. The molecule has 7 heteroatoms. The van der Waals surface area contributed by atoms with Gasteiger partial charge in [0.2, 0.25) is 0 Å². The van der Waals surface area contributed by atoms with Crippen molar-refractivity contribution in [2.75, 3.05) is 0 Å². The number of pyridine rings is 1. The number of carbonyl (C=O) groups is 2. The molecule has 1 aliphatic carbocycles. The van der Waals surface area contributed by atoms with Gasteiger partial charge in [-0.3, -0.25) is 14.6 Å². The first kappa shape index (κ1) is 24.6. The number of aryl methyl sites for hydroxylation is 1. The van der Waals surface area contributed by atoms with Crippen LogP contribution in [0.1, 0.15) is 50.2 Å². The molecule has 3 aromatic carbocycles. The molecule has 2 aromatic heterocycles. The van der Waals surface area contributed by atoms with Crippen molar-refractivity contribution in [2.24, 2.45) is 5.73 Å². The fourth-order valence-corrected chi connectivity index (χ4v) is 5.18. The van der Waals surface area contributed by atoms with Crippen molar-refractivity contribution in [1.82, 2.24) is 10.3 Å². The highest BCUT2D eigenvalue weighted by atomic mass is 19.1. The average Bonchev–Trinajstić information content (AvgIpc) is 3.61. The molecule has 0 saturated heterocycles. The molecule has 0 bridgehead atoms. The molecule has 6 rings (SSSR count). The van der Waals surface area contributed by atoms with Crippen LogP contribution >= 0.6 is 0 Å². The number of nitrogens with two attached hydrogens (primary N) is 1. The maximum Gasteiger partial charge on any atom is 0.253 e. The van der Waals surface area contributed by atoms with Gasteiger partial charge in [0.15, 0.2) is 0 Å². The molecule has 3 N–H and O–H groups in total. The van der Waals surface area contributed by atoms with Crippen LogP contribution in [0.3, 0.4) is 0 Å². The molecule has 2 heterocycles.